The van der Waals surface area contributed by atoms with Crippen LogP contribution in [0.2, 0.25) is 0 Å². The molecule has 2 heteroatoms. The quantitative estimate of drug-likeness (QED) is 0.394. The Bertz CT molecular complexity index is 701. The predicted octanol–water partition coefficient (Wildman–Crippen LogP) is 6.32. The maximum atomic E-state index is 4.97. The van der Waals surface area contributed by atoms with Gasteiger partial charge < -0.3 is 0 Å². The van der Waals surface area contributed by atoms with Gasteiger partial charge in [-0.3, -0.25) is 4.99 Å². The average Bonchev–Trinajstić information content (AvgIpc) is 2.59. The van der Waals surface area contributed by atoms with Gasteiger partial charge in [0.25, 0.3) is 0 Å². The molecule has 0 aliphatic carbocycles. The largest absolute Gasteiger partial charge is 0.281 e. The molecule has 0 radical (unpaired) electrons. The van der Waals surface area contributed by atoms with Crippen LogP contribution in [0.15, 0.2) is 101 Å². The summed E-state index contributed by atoms with van der Waals surface area (Å²) in [7, 11) is 0. The third-order valence-corrected chi connectivity index (χ3v) is 3.77. The number of halogens is 1. The highest BCUT2D eigenvalue weighted by Crippen LogP contribution is 2.16. The average molecular weight is 380 g/mol. The Kier molecular flexibility index (Phi) is 6.95. The van der Waals surface area contributed by atoms with Gasteiger partial charge in [-0.05, 0) is 19.4 Å². The number of rotatable bonds is 7. The fourth-order valence-corrected chi connectivity index (χ4v) is 2.56. The number of allylic oxidation sites excluding steroid dienone is 3. The summed E-state index contributed by atoms with van der Waals surface area (Å²) in [4.78, 5) is 4.97. The summed E-state index contributed by atoms with van der Waals surface area (Å²) in [5.74, 6) is 0. The molecular weight excluding hydrogens is 358 g/mol. The normalized spacial score (nSPS) is 11.9. The van der Waals surface area contributed by atoms with Crippen LogP contribution < -0.4 is 0 Å². The highest BCUT2D eigenvalue weighted by molar-refractivity contribution is 9.11. The summed E-state index contributed by atoms with van der Waals surface area (Å²) in [6.07, 6.45) is 4.70. The fourth-order valence-electron chi connectivity index (χ4n) is 2.43. The van der Waals surface area contributed by atoms with Crippen LogP contribution in [0.3, 0.4) is 0 Å². The Hall–Kier alpha value is -2.19. The number of hydrogen-bond acceptors (Lipinski definition) is 1. The number of benzene rings is 2. The van der Waals surface area contributed by atoms with Gasteiger partial charge in [0.15, 0.2) is 0 Å². The molecule has 1 unspecified atom stereocenters. The minimum Gasteiger partial charge on any atom is -0.281 e. The molecule has 0 N–H and O–H groups in total. The summed E-state index contributed by atoms with van der Waals surface area (Å²) >= 11 is 3.32. The summed E-state index contributed by atoms with van der Waals surface area (Å²) in [5.41, 5.74) is 4.31. The van der Waals surface area contributed by atoms with Crippen molar-refractivity contribution in [3.63, 3.8) is 0 Å². The van der Waals surface area contributed by atoms with Crippen LogP contribution >= 0.6 is 15.9 Å². The van der Waals surface area contributed by atoms with Gasteiger partial charge in [0, 0.05) is 15.6 Å². The van der Waals surface area contributed by atoms with E-state index in [0.29, 0.717) is 0 Å². The third kappa shape index (κ3) is 5.78. The maximum Gasteiger partial charge on any atom is 0.0722 e. The van der Waals surface area contributed by atoms with Crippen LogP contribution in [-0.2, 0) is 0 Å². The van der Waals surface area contributed by atoms with Crippen molar-refractivity contribution in [2.75, 3.05) is 0 Å². The molecule has 0 spiro atoms. The lowest BCUT2D eigenvalue weighted by molar-refractivity contribution is 0.745. The molecule has 0 aliphatic rings. The Morgan fingerprint density at radius 1 is 0.958 bits per heavy atom. The molecule has 2 rings (SSSR count). The molecule has 2 aromatic rings. The highest BCUT2D eigenvalue weighted by atomic mass is 79.9. The molecule has 0 amide bonds. The predicted molar refractivity (Wildman–Crippen MR) is 109 cm³/mol. The van der Waals surface area contributed by atoms with Crippen molar-refractivity contribution >= 4 is 21.6 Å². The van der Waals surface area contributed by atoms with Crippen LogP contribution in [0.4, 0.5) is 0 Å². The van der Waals surface area contributed by atoms with Crippen LogP contribution in [0, 0.1) is 0 Å². The molecule has 1 atom stereocenters. The van der Waals surface area contributed by atoms with E-state index in [1.807, 2.05) is 48.6 Å². The zero-order valence-electron chi connectivity index (χ0n) is 14.0. The Morgan fingerprint density at radius 2 is 1.46 bits per heavy atom. The molecule has 2 aromatic carbocycles. The highest BCUT2D eigenvalue weighted by Gasteiger charge is 2.09. The molecule has 122 valence electrons. The maximum absolute atomic E-state index is 4.97. The minimum atomic E-state index is 0.140. The SMILES string of the molecule is C=C(Br)/C=C\C(=C)CC(C)N=C(c1ccccc1)c1ccccc1. The van der Waals surface area contributed by atoms with E-state index in [1.165, 1.54) is 0 Å². The van der Waals surface area contributed by atoms with Crippen LogP contribution in [0.5, 0.6) is 0 Å². The summed E-state index contributed by atoms with van der Waals surface area (Å²) < 4.78 is 0.842. The minimum absolute atomic E-state index is 0.140. The molecule has 0 saturated carbocycles. The first-order valence-corrected chi connectivity index (χ1v) is 8.74. The molecule has 24 heavy (non-hydrogen) atoms. The van der Waals surface area contributed by atoms with E-state index in [-0.39, 0.29) is 6.04 Å². The molecule has 0 heterocycles. The number of nitrogens with zero attached hydrogens (tertiary/aromatic N) is 1. The van der Waals surface area contributed by atoms with Gasteiger partial charge in [-0.1, -0.05) is 101 Å². The molecule has 0 bridgehead atoms. The van der Waals surface area contributed by atoms with Crippen LogP contribution in [-0.4, -0.2) is 11.8 Å². The van der Waals surface area contributed by atoms with Gasteiger partial charge in [-0.15, -0.1) is 0 Å². The third-order valence-electron chi connectivity index (χ3n) is 3.50. The molecule has 0 saturated heterocycles. The van der Waals surface area contributed by atoms with Crippen molar-refractivity contribution in [1.29, 1.82) is 0 Å². The van der Waals surface area contributed by atoms with E-state index in [4.69, 9.17) is 4.99 Å². The fraction of sp³-hybridized carbons (Fsp3) is 0.136. The van der Waals surface area contributed by atoms with E-state index < -0.39 is 0 Å². The van der Waals surface area contributed by atoms with Crippen molar-refractivity contribution in [2.24, 2.45) is 4.99 Å². The van der Waals surface area contributed by atoms with Crippen molar-refractivity contribution in [2.45, 2.75) is 19.4 Å². The standard InChI is InChI=1S/C22H22BrN/c1-17(14-15-18(2)23)16-19(3)24-22(20-10-6-4-7-11-20)21-12-8-5-9-13-21/h4-15,19H,1-2,16H2,3H3/b15-14-. The van der Waals surface area contributed by atoms with Gasteiger partial charge in [-0.2, -0.15) is 0 Å². The lowest BCUT2D eigenvalue weighted by Gasteiger charge is -2.12. The lowest BCUT2D eigenvalue weighted by Crippen LogP contribution is -2.09. The van der Waals surface area contributed by atoms with Gasteiger partial charge in [0.05, 0.1) is 11.8 Å². The van der Waals surface area contributed by atoms with E-state index >= 15 is 0 Å². The smallest absolute Gasteiger partial charge is 0.0722 e. The number of aliphatic imine (C=N–C) groups is 1. The molecular formula is C22H22BrN. The summed E-state index contributed by atoms with van der Waals surface area (Å²) in [6.45, 7) is 10.0. The molecule has 0 aromatic heterocycles. The summed E-state index contributed by atoms with van der Waals surface area (Å²) in [6, 6.07) is 20.8. The van der Waals surface area contributed by atoms with Gasteiger partial charge in [0.1, 0.15) is 0 Å². The second-order valence-corrected chi connectivity index (χ2v) is 6.72. The van der Waals surface area contributed by atoms with Crippen molar-refractivity contribution in [1.82, 2.24) is 0 Å². The van der Waals surface area contributed by atoms with E-state index in [9.17, 15) is 0 Å². The zero-order valence-corrected chi connectivity index (χ0v) is 15.5. The monoisotopic (exact) mass is 379 g/mol. The Morgan fingerprint density at radius 3 is 1.92 bits per heavy atom. The lowest BCUT2D eigenvalue weighted by atomic mass is 10.0. The van der Waals surface area contributed by atoms with Gasteiger partial charge >= 0.3 is 0 Å². The zero-order chi connectivity index (χ0) is 17.4. The summed E-state index contributed by atoms with van der Waals surface area (Å²) in [5, 5.41) is 0. The van der Waals surface area contributed by atoms with Crippen molar-refractivity contribution in [3.05, 3.63) is 107 Å². The van der Waals surface area contributed by atoms with Crippen molar-refractivity contribution in [3.8, 4) is 0 Å². The first kappa shape index (κ1) is 18.2. The Balaban J connectivity index is 2.25. The van der Waals surface area contributed by atoms with Crippen molar-refractivity contribution < 1.29 is 0 Å². The number of hydrogen-bond donors (Lipinski definition) is 0. The first-order chi connectivity index (χ1) is 11.6. The first-order valence-electron chi connectivity index (χ1n) is 7.95. The second-order valence-electron chi connectivity index (χ2n) is 5.70. The van der Waals surface area contributed by atoms with E-state index in [0.717, 1.165) is 33.3 Å². The second kappa shape index (κ2) is 9.19. The molecule has 0 aliphatic heterocycles. The Labute approximate surface area is 153 Å². The van der Waals surface area contributed by atoms with Crippen LogP contribution in [0.1, 0.15) is 24.5 Å². The van der Waals surface area contributed by atoms with Gasteiger partial charge in [0.2, 0.25) is 0 Å². The molecule has 0 fully saturated rings. The van der Waals surface area contributed by atoms with E-state index in [1.54, 1.807) is 0 Å². The van der Waals surface area contributed by atoms with Gasteiger partial charge in [-0.25, -0.2) is 0 Å². The topological polar surface area (TPSA) is 12.4 Å². The molecule has 1 nitrogen and oxygen atoms in total. The van der Waals surface area contributed by atoms with Crippen LogP contribution in [0.25, 0.3) is 0 Å². The van der Waals surface area contributed by atoms with E-state index in [2.05, 4.69) is 60.3 Å².